The van der Waals surface area contributed by atoms with Gasteiger partial charge in [0.05, 0.1) is 18.6 Å². The number of hydrogen-bond donors (Lipinski definition) is 3. The van der Waals surface area contributed by atoms with Crippen molar-refractivity contribution in [1.82, 2.24) is 5.32 Å². The molecular weight excluding hydrogens is 741 g/mol. The van der Waals surface area contributed by atoms with Crippen LogP contribution in [-0.2, 0) is 44.7 Å². The molecule has 1 aliphatic carbocycles. The largest absolute Gasteiger partial charge is 0.481 e. The van der Waals surface area contributed by atoms with E-state index in [2.05, 4.69) is 58.3 Å². The molecule has 1 saturated carbocycles. The van der Waals surface area contributed by atoms with E-state index in [-0.39, 0.29) is 77.0 Å². The number of rotatable bonds is 16. The summed E-state index contributed by atoms with van der Waals surface area (Å²) in [6, 6.07) is 7.29. The van der Waals surface area contributed by atoms with Crippen molar-refractivity contribution < 1.29 is 48.0 Å². The Balaban J connectivity index is 0.000000611. The van der Waals surface area contributed by atoms with Gasteiger partial charge in [0, 0.05) is 55.9 Å². The number of aliphatic carboxylic acids is 1. The number of allylic oxidation sites excluding steroid dienone is 1. The lowest BCUT2D eigenvalue weighted by molar-refractivity contribution is -0.137. The number of benzene rings is 1. The van der Waals surface area contributed by atoms with Crippen LogP contribution in [-0.4, -0.2) is 77.9 Å². The predicted molar refractivity (Wildman–Crippen MR) is 226 cm³/mol. The molecule has 2 heterocycles. The number of Topliss-reactive ketones (excluding diaryl/α,β-unsaturated/α-hetero) is 2. The van der Waals surface area contributed by atoms with Gasteiger partial charge in [0.2, 0.25) is 5.91 Å². The first kappa shape index (κ1) is 50.5. The highest BCUT2D eigenvalue weighted by Crippen LogP contribution is 2.59. The van der Waals surface area contributed by atoms with E-state index in [1.807, 2.05) is 53.7 Å². The summed E-state index contributed by atoms with van der Waals surface area (Å²) in [6.07, 6.45) is 5.46. The van der Waals surface area contributed by atoms with Crippen LogP contribution in [0.2, 0.25) is 0 Å². The quantitative estimate of drug-likeness (QED) is 0.108. The fourth-order valence-electron chi connectivity index (χ4n) is 6.91. The van der Waals surface area contributed by atoms with Crippen molar-refractivity contribution >= 4 is 35.2 Å². The monoisotopic (exact) mass is 815 g/mol. The molecule has 3 fully saturated rings. The lowest BCUT2D eigenvalue weighted by Gasteiger charge is -2.42. The van der Waals surface area contributed by atoms with Gasteiger partial charge in [0.25, 0.3) is 0 Å². The van der Waals surface area contributed by atoms with Gasteiger partial charge in [0.15, 0.2) is 0 Å². The van der Waals surface area contributed by atoms with Crippen LogP contribution in [0.5, 0.6) is 0 Å². The SMILES string of the molecule is CC(C)(C)C(=O)CCCC(=O)O.CC(C)C.CO[C@H]1[C@@H](OC(=O)NCc2ccc(NC(=O)CCCC(=O)C(C)(C)C)cc2)CC[C@@]2(CO2)[C@@H]1[C@]1(C)O[C@H]1CC=C(C)C. The van der Waals surface area contributed by atoms with E-state index >= 15 is 0 Å². The van der Waals surface area contributed by atoms with Gasteiger partial charge >= 0.3 is 12.1 Å². The van der Waals surface area contributed by atoms with Gasteiger partial charge < -0.3 is 34.7 Å². The number of carboxylic acids is 1. The van der Waals surface area contributed by atoms with Crippen LogP contribution in [0.1, 0.15) is 146 Å². The van der Waals surface area contributed by atoms with Crippen LogP contribution < -0.4 is 10.6 Å². The minimum atomic E-state index is -0.836. The second-order valence-electron chi connectivity index (χ2n) is 19.1. The number of carbonyl (C=O) groups excluding carboxylic acids is 4. The maximum atomic E-state index is 12.8. The zero-order valence-electron chi connectivity index (χ0n) is 37.7. The maximum absolute atomic E-state index is 12.8. The van der Waals surface area contributed by atoms with Crippen molar-refractivity contribution in [2.45, 2.75) is 177 Å². The standard InChI is InChI=1S/C33H48N2O7.C9H16O3.C4H10/c1-21(2)11-16-26-32(6,42-26)29-28(39-7)24(17-18-33(29)20-40-33)41-30(38)34-19-22-12-14-23(15-13-22)35-27(37)10-8-9-25(36)31(3,4)5;1-9(2,3)7(10)5-4-6-8(11)12;1-4(2)3/h11-15,24,26,28-29H,8-10,16-20H2,1-7H3,(H,34,38)(H,35,37);4-6H2,1-3H3,(H,11,12);4H,1-3H3/t24-,26-,28-,29-,32+,33+;;/m0../s1. The number of ether oxygens (including phenoxy) is 4. The normalized spacial score (nSPS) is 24.6. The summed E-state index contributed by atoms with van der Waals surface area (Å²) in [5, 5.41) is 14.0. The van der Waals surface area contributed by atoms with E-state index in [1.54, 1.807) is 19.2 Å². The molecular formula is C46H74N2O10. The predicted octanol–water partition coefficient (Wildman–Crippen LogP) is 9.23. The zero-order valence-corrected chi connectivity index (χ0v) is 37.7. The van der Waals surface area contributed by atoms with Crippen molar-refractivity contribution in [3.8, 4) is 0 Å². The Kier molecular flexibility index (Phi) is 19.3. The number of ketones is 2. The molecule has 12 heteroatoms. The minimum absolute atomic E-state index is 0.0288. The Morgan fingerprint density at radius 2 is 1.45 bits per heavy atom. The lowest BCUT2D eigenvalue weighted by Crippen LogP contribution is -2.56. The van der Waals surface area contributed by atoms with E-state index in [0.717, 1.165) is 24.3 Å². The highest BCUT2D eigenvalue weighted by atomic mass is 16.6. The molecule has 328 valence electrons. The van der Waals surface area contributed by atoms with E-state index in [4.69, 9.17) is 24.1 Å². The molecule has 1 aromatic rings. The second-order valence-corrected chi connectivity index (χ2v) is 19.1. The molecule has 0 aromatic heterocycles. The average Bonchev–Trinajstić information content (AvgIpc) is 4.03. The van der Waals surface area contributed by atoms with E-state index in [1.165, 1.54) is 5.57 Å². The lowest BCUT2D eigenvalue weighted by atomic mass is 9.68. The van der Waals surface area contributed by atoms with E-state index in [0.29, 0.717) is 44.4 Å². The first-order valence-electron chi connectivity index (χ1n) is 20.9. The topological polar surface area (TPSA) is 173 Å². The highest BCUT2D eigenvalue weighted by Gasteiger charge is 2.72. The number of carbonyl (C=O) groups is 5. The molecule has 4 rings (SSSR count). The summed E-state index contributed by atoms with van der Waals surface area (Å²) < 4.78 is 24.1. The highest BCUT2D eigenvalue weighted by molar-refractivity contribution is 5.91. The molecule has 1 spiro atoms. The third kappa shape index (κ3) is 16.9. The van der Waals surface area contributed by atoms with Crippen LogP contribution >= 0.6 is 0 Å². The van der Waals surface area contributed by atoms with E-state index < -0.39 is 18.2 Å². The number of alkyl carbamates (subject to hydrolysis) is 1. The summed E-state index contributed by atoms with van der Waals surface area (Å²) in [5.74, 6) is 0.124. The van der Waals surface area contributed by atoms with Gasteiger partial charge in [-0.25, -0.2) is 4.79 Å². The Bertz CT molecular complexity index is 1540. The first-order chi connectivity index (χ1) is 26.8. The number of carboxylic acid groups (broad SMARTS) is 1. The molecule has 3 N–H and O–H groups in total. The summed E-state index contributed by atoms with van der Waals surface area (Å²) >= 11 is 0. The maximum Gasteiger partial charge on any atom is 0.407 e. The van der Waals surface area contributed by atoms with Crippen LogP contribution in [0, 0.1) is 22.7 Å². The van der Waals surface area contributed by atoms with Crippen molar-refractivity contribution in [1.29, 1.82) is 0 Å². The van der Waals surface area contributed by atoms with Gasteiger partial charge in [-0.2, -0.15) is 0 Å². The Labute approximate surface area is 347 Å². The smallest absolute Gasteiger partial charge is 0.407 e. The summed E-state index contributed by atoms with van der Waals surface area (Å²) in [5.41, 5.74) is 1.42. The third-order valence-electron chi connectivity index (χ3n) is 10.4. The van der Waals surface area contributed by atoms with E-state index in [9.17, 15) is 24.0 Å². The molecule has 0 radical (unpaired) electrons. The number of anilines is 1. The Hall–Kier alpha value is -3.61. The fraction of sp³-hybridized carbons (Fsp3) is 0.717. The third-order valence-corrected chi connectivity index (χ3v) is 10.4. The molecule has 0 unspecified atom stereocenters. The van der Waals surface area contributed by atoms with Gasteiger partial charge in [-0.3, -0.25) is 19.2 Å². The van der Waals surface area contributed by atoms with Crippen LogP contribution in [0.15, 0.2) is 35.9 Å². The number of nitrogens with one attached hydrogen (secondary N) is 2. The van der Waals surface area contributed by atoms with Crippen LogP contribution in [0.3, 0.4) is 0 Å². The van der Waals surface area contributed by atoms with Crippen LogP contribution in [0.25, 0.3) is 0 Å². The fourth-order valence-corrected chi connectivity index (χ4v) is 6.91. The summed E-state index contributed by atoms with van der Waals surface area (Å²) in [4.78, 5) is 58.5. The zero-order chi connectivity index (χ0) is 44.1. The molecule has 2 amide bonds. The molecule has 3 aliphatic rings. The van der Waals surface area contributed by atoms with Crippen molar-refractivity contribution in [2.75, 3.05) is 19.0 Å². The van der Waals surface area contributed by atoms with Gasteiger partial charge in [-0.05, 0) is 76.5 Å². The average molecular weight is 815 g/mol. The number of methoxy groups -OCH3 is 1. The molecule has 2 aliphatic heterocycles. The van der Waals surface area contributed by atoms with Crippen LogP contribution in [0.4, 0.5) is 10.5 Å². The van der Waals surface area contributed by atoms with Gasteiger partial charge in [0.1, 0.15) is 35.0 Å². The molecule has 1 aromatic carbocycles. The summed E-state index contributed by atoms with van der Waals surface area (Å²) in [6.45, 7) is 24.9. The van der Waals surface area contributed by atoms with Crippen molar-refractivity contribution in [3.63, 3.8) is 0 Å². The molecule has 0 bridgehead atoms. The van der Waals surface area contributed by atoms with Gasteiger partial charge in [-0.15, -0.1) is 0 Å². The Morgan fingerprint density at radius 3 is 1.91 bits per heavy atom. The first-order valence-corrected chi connectivity index (χ1v) is 20.9. The minimum Gasteiger partial charge on any atom is -0.481 e. The van der Waals surface area contributed by atoms with Gasteiger partial charge in [-0.1, -0.05) is 86.1 Å². The molecule has 58 heavy (non-hydrogen) atoms. The van der Waals surface area contributed by atoms with Crippen molar-refractivity contribution in [2.24, 2.45) is 22.7 Å². The molecule has 6 atom stereocenters. The molecule has 2 saturated heterocycles. The number of hydrogen-bond acceptors (Lipinski definition) is 9. The second kappa shape index (κ2) is 22.1. The Morgan fingerprint density at radius 1 is 0.914 bits per heavy atom. The number of epoxide rings is 2. The molecule has 12 nitrogen and oxygen atoms in total. The summed E-state index contributed by atoms with van der Waals surface area (Å²) in [7, 11) is 1.66. The number of amides is 2. The van der Waals surface area contributed by atoms with Crippen molar-refractivity contribution in [3.05, 3.63) is 41.5 Å².